The number of hydrogen-bond acceptors (Lipinski definition) is 2. The number of nitrogens with zero attached hydrogens (tertiary/aromatic N) is 1. The van der Waals surface area contributed by atoms with E-state index < -0.39 is 0 Å². The average Bonchev–Trinajstić information content (AvgIpc) is 2.75. The Kier molecular flexibility index (Phi) is 3.62. The van der Waals surface area contributed by atoms with Gasteiger partial charge in [0.05, 0.1) is 0 Å². The number of rotatable bonds is 3. The van der Waals surface area contributed by atoms with Crippen LogP contribution in [0.3, 0.4) is 0 Å². The molecule has 2 nitrogen and oxygen atoms in total. The predicted octanol–water partition coefficient (Wildman–Crippen LogP) is 2.17. The summed E-state index contributed by atoms with van der Waals surface area (Å²) in [6.07, 6.45) is 1.28. The first-order chi connectivity index (χ1) is 7.72. The third-order valence-electron chi connectivity index (χ3n) is 3.71. The van der Waals surface area contributed by atoms with Crippen LogP contribution in [-0.4, -0.2) is 31.6 Å². The molecule has 2 heteroatoms. The molecule has 1 aromatic rings. The Labute approximate surface area is 98.4 Å². The van der Waals surface area contributed by atoms with Crippen molar-refractivity contribution < 1.29 is 0 Å². The first kappa shape index (κ1) is 11.6. The fourth-order valence-electron chi connectivity index (χ4n) is 2.65. The van der Waals surface area contributed by atoms with Crippen molar-refractivity contribution in [3.05, 3.63) is 35.4 Å². The Balaban J connectivity index is 2.26. The van der Waals surface area contributed by atoms with Crippen molar-refractivity contribution in [1.82, 2.24) is 4.90 Å². The molecule has 0 spiro atoms. The van der Waals surface area contributed by atoms with E-state index in [0.29, 0.717) is 11.8 Å². The van der Waals surface area contributed by atoms with Crippen molar-refractivity contribution in [3.8, 4) is 0 Å². The van der Waals surface area contributed by atoms with E-state index in [1.54, 1.807) is 0 Å². The highest BCUT2D eigenvalue weighted by Gasteiger charge is 2.23. The summed E-state index contributed by atoms with van der Waals surface area (Å²) in [6.45, 7) is 5.36. The van der Waals surface area contributed by atoms with Gasteiger partial charge in [0.15, 0.2) is 0 Å². The zero-order valence-corrected chi connectivity index (χ0v) is 10.3. The minimum Gasteiger partial charge on any atom is -0.330 e. The molecule has 0 amide bonds. The number of benzene rings is 1. The van der Waals surface area contributed by atoms with E-state index in [1.807, 2.05) is 0 Å². The molecular formula is C14H22N2. The predicted molar refractivity (Wildman–Crippen MR) is 68.8 cm³/mol. The van der Waals surface area contributed by atoms with E-state index >= 15 is 0 Å². The van der Waals surface area contributed by atoms with E-state index in [1.165, 1.54) is 30.6 Å². The Morgan fingerprint density at radius 1 is 1.44 bits per heavy atom. The zero-order chi connectivity index (χ0) is 11.5. The second-order valence-corrected chi connectivity index (χ2v) is 5.01. The molecule has 1 aliphatic rings. The van der Waals surface area contributed by atoms with E-state index in [2.05, 4.69) is 43.1 Å². The third kappa shape index (κ3) is 2.28. The van der Waals surface area contributed by atoms with E-state index in [4.69, 9.17) is 5.73 Å². The van der Waals surface area contributed by atoms with Crippen molar-refractivity contribution in [2.24, 2.45) is 5.73 Å². The first-order valence-corrected chi connectivity index (χ1v) is 6.19. The van der Waals surface area contributed by atoms with E-state index in [-0.39, 0.29) is 0 Å². The summed E-state index contributed by atoms with van der Waals surface area (Å²) in [5.41, 5.74) is 8.76. The summed E-state index contributed by atoms with van der Waals surface area (Å²) < 4.78 is 0. The van der Waals surface area contributed by atoms with Crippen molar-refractivity contribution in [3.63, 3.8) is 0 Å². The standard InChI is InChI=1S/C14H22N2/c1-11(9-15)13-5-3-4-6-14(13)12-7-8-16(2)10-12/h3-6,11-12H,7-10,15H2,1-2H3. The molecule has 0 bridgehead atoms. The number of likely N-dealkylation sites (N-methyl/N-ethyl adjacent to an activating group) is 1. The fraction of sp³-hybridized carbons (Fsp3) is 0.571. The van der Waals surface area contributed by atoms with Crippen molar-refractivity contribution >= 4 is 0 Å². The molecule has 0 aromatic heterocycles. The summed E-state index contributed by atoms with van der Waals surface area (Å²) >= 11 is 0. The van der Waals surface area contributed by atoms with Crippen LogP contribution in [-0.2, 0) is 0 Å². The lowest BCUT2D eigenvalue weighted by molar-refractivity contribution is 0.411. The van der Waals surface area contributed by atoms with Gasteiger partial charge in [-0.05, 0) is 49.5 Å². The monoisotopic (exact) mass is 218 g/mol. The lowest BCUT2D eigenvalue weighted by Gasteiger charge is -2.19. The Hall–Kier alpha value is -0.860. The molecule has 1 aliphatic heterocycles. The van der Waals surface area contributed by atoms with Crippen LogP contribution < -0.4 is 5.73 Å². The van der Waals surface area contributed by atoms with Crippen LogP contribution in [0.1, 0.15) is 36.3 Å². The topological polar surface area (TPSA) is 29.3 Å². The average molecular weight is 218 g/mol. The summed E-state index contributed by atoms with van der Waals surface area (Å²) in [5.74, 6) is 1.18. The van der Waals surface area contributed by atoms with Crippen LogP contribution >= 0.6 is 0 Å². The summed E-state index contributed by atoms with van der Waals surface area (Å²) in [4.78, 5) is 2.41. The summed E-state index contributed by atoms with van der Waals surface area (Å²) in [7, 11) is 2.20. The van der Waals surface area contributed by atoms with Gasteiger partial charge in [0.1, 0.15) is 0 Å². The molecule has 0 aliphatic carbocycles. The van der Waals surface area contributed by atoms with Crippen molar-refractivity contribution in [1.29, 1.82) is 0 Å². The highest BCUT2D eigenvalue weighted by molar-refractivity contribution is 5.34. The molecule has 0 radical (unpaired) electrons. The largest absolute Gasteiger partial charge is 0.330 e. The molecule has 1 fully saturated rings. The Morgan fingerprint density at radius 3 is 2.81 bits per heavy atom. The van der Waals surface area contributed by atoms with Gasteiger partial charge in [0.2, 0.25) is 0 Å². The molecule has 88 valence electrons. The summed E-state index contributed by atoms with van der Waals surface area (Å²) in [5, 5.41) is 0. The van der Waals surface area contributed by atoms with Crippen LogP contribution in [0, 0.1) is 0 Å². The zero-order valence-electron chi connectivity index (χ0n) is 10.3. The SMILES string of the molecule is CC(CN)c1ccccc1C1CCN(C)C1. The van der Waals surface area contributed by atoms with Crippen LogP contribution in [0.5, 0.6) is 0 Å². The normalized spacial score (nSPS) is 23.6. The van der Waals surface area contributed by atoms with Gasteiger partial charge in [-0.3, -0.25) is 0 Å². The molecule has 1 saturated heterocycles. The maximum atomic E-state index is 5.79. The minimum absolute atomic E-state index is 0.474. The smallest absolute Gasteiger partial charge is 0.00478 e. The maximum absolute atomic E-state index is 5.79. The molecule has 2 atom stereocenters. The van der Waals surface area contributed by atoms with Gasteiger partial charge in [0, 0.05) is 6.54 Å². The second-order valence-electron chi connectivity index (χ2n) is 5.01. The molecule has 16 heavy (non-hydrogen) atoms. The highest BCUT2D eigenvalue weighted by atomic mass is 15.1. The van der Waals surface area contributed by atoms with E-state index in [9.17, 15) is 0 Å². The van der Waals surface area contributed by atoms with Crippen molar-refractivity contribution in [2.75, 3.05) is 26.7 Å². The minimum atomic E-state index is 0.474. The van der Waals surface area contributed by atoms with E-state index in [0.717, 1.165) is 6.54 Å². The lowest BCUT2D eigenvalue weighted by atomic mass is 9.88. The van der Waals surface area contributed by atoms with Gasteiger partial charge in [0.25, 0.3) is 0 Å². The van der Waals surface area contributed by atoms with Crippen LogP contribution in [0.2, 0.25) is 0 Å². The molecule has 0 saturated carbocycles. The fourth-order valence-corrected chi connectivity index (χ4v) is 2.65. The van der Waals surface area contributed by atoms with Gasteiger partial charge in [-0.1, -0.05) is 31.2 Å². The molecule has 1 heterocycles. The number of hydrogen-bond donors (Lipinski definition) is 1. The summed E-state index contributed by atoms with van der Waals surface area (Å²) in [6, 6.07) is 8.81. The maximum Gasteiger partial charge on any atom is 0.00478 e. The van der Waals surface area contributed by atoms with Gasteiger partial charge in [-0.15, -0.1) is 0 Å². The Bertz CT molecular complexity index is 348. The van der Waals surface area contributed by atoms with Crippen LogP contribution in [0.25, 0.3) is 0 Å². The van der Waals surface area contributed by atoms with Crippen molar-refractivity contribution in [2.45, 2.75) is 25.2 Å². The molecule has 1 aromatic carbocycles. The van der Waals surface area contributed by atoms with Gasteiger partial charge < -0.3 is 10.6 Å². The van der Waals surface area contributed by atoms with Gasteiger partial charge >= 0.3 is 0 Å². The highest BCUT2D eigenvalue weighted by Crippen LogP contribution is 2.31. The molecular weight excluding hydrogens is 196 g/mol. The molecule has 2 unspecified atom stereocenters. The molecule has 2 N–H and O–H groups in total. The quantitative estimate of drug-likeness (QED) is 0.842. The first-order valence-electron chi connectivity index (χ1n) is 6.19. The third-order valence-corrected chi connectivity index (χ3v) is 3.71. The lowest BCUT2D eigenvalue weighted by Crippen LogP contribution is -2.16. The number of nitrogens with two attached hydrogens (primary N) is 1. The Morgan fingerprint density at radius 2 is 2.19 bits per heavy atom. The van der Waals surface area contributed by atoms with Gasteiger partial charge in [-0.2, -0.15) is 0 Å². The van der Waals surface area contributed by atoms with Crippen LogP contribution in [0.15, 0.2) is 24.3 Å². The second kappa shape index (κ2) is 4.98. The molecule has 2 rings (SSSR count). The van der Waals surface area contributed by atoms with Crippen LogP contribution in [0.4, 0.5) is 0 Å². The van der Waals surface area contributed by atoms with Gasteiger partial charge in [-0.25, -0.2) is 0 Å². The number of likely N-dealkylation sites (tertiary alicyclic amines) is 1.